The summed E-state index contributed by atoms with van der Waals surface area (Å²) in [6, 6.07) is 12.5. The van der Waals surface area contributed by atoms with Crippen LogP contribution in [0.3, 0.4) is 0 Å². The van der Waals surface area contributed by atoms with Crippen molar-refractivity contribution in [3.63, 3.8) is 0 Å². The van der Waals surface area contributed by atoms with Crippen LogP contribution in [0.25, 0.3) is 0 Å². The molecule has 0 saturated carbocycles. The fraction of sp³-hybridized carbons (Fsp3) is 0.188. The number of benzene rings is 2. The lowest BCUT2D eigenvalue weighted by atomic mass is 10.1. The highest BCUT2D eigenvalue weighted by Crippen LogP contribution is 2.23. The molecule has 0 amide bonds. The number of Topliss-reactive ketones (excluding diaryl/α,β-unsaturated/α-hetero) is 1. The summed E-state index contributed by atoms with van der Waals surface area (Å²) in [7, 11) is 1.54. The molecular weight excluding hydrogens is 254 g/mol. The highest BCUT2D eigenvalue weighted by Gasteiger charge is 2.13. The maximum absolute atomic E-state index is 12.2. The maximum atomic E-state index is 12.2. The van der Waals surface area contributed by atoms with Crippen LogP contribution in [0.5, 0.6) is 11.5 Å². The second kappa shape index (κ2) is 6.10. The van der Waals surface area contributed by atoms with Crippen LogP contribution in [0.15, 0.2) is 42.5 Å². The van der Waals surface area contributed by atoms with Gasteiger partial charge in [-0.3, -0.25) is 4.79 Å². The monoisotopic (exact) mass is 271 g/mol. The summed E-state index contributed by atoms with van der Waals surface area (Å²) in [5.74, 6) is 0.909. The van der Waals surface area contributed by atoms with Crippen molar-refractivity contribution in [1.29, 1.82) is 0 Å². The molecule has 0 spiro atoms. The molecule has 4 nitrogen and oxygen atoms in total. The van der Waals surface area contributed by atoms with Crippen molar-refractivity contribution >= 4 is 11.5 Å². The number of ether oxygens (including phenoxy) is 2. The predicted octanol–water partition coefficient (Wildman–Crippen LogP) is 2.85. The Morgan fingerprint density at radius 3 is 2.60 bits per heavy atom. The quantitative estimate of drug-likeness (QED) is 0.671. The number of carbonyl (C=O) groups excluding carboxylic acids is 1. The van der Waals surface area contributed by atoms with Crippen molar-refractivity contribution in [2.45, 2.75) is 6.92 Å². The van der Waals surface area contributed by atoms with E-state index in [0.717, 1.165) is 5.56 Å². The molecular formula is C16H17NO3. The SMILES string of the molecule is COc1ccc(C)cc1C(=O)COc1ccccc1N. The number of hydrogen-bond acceptors (Lipinski definition) is 4. The maximum Gasteiger partial charge on any atom is 0.203 e. The average molecular weight is 271 g/mol. The van der Waals surface area contributed by atoms with Gasteiger partial charge >= 0.3 is 0 Å². The lowest BCUT2D eigenvalue weighted by Crippen LogP contribution is -2.13. The van der Waals surface area contributed by atoms with Crippen LogP contribution < -0.4 is 15.2 Å². The molecule has 0 heterocycles. The Morgan fingerprint density at radius 1 is 1.15 bits per heavy atom. The third-order valence-electron chi connectivity index (χ3n) is 2.93. The fourth-order valence-electron chi connectivity index (χ4n) is 1.87. The van der Waals surface area contributed by atoms with Crippen molar-refractivity contribution in [3.05, 3.63) is 53.6 Å². The van der Waals surface area contributed by atoms with E-state index in [2.05, 4.69) is 0 Å². The molecule has 0 unspecified atom stereocenters. The number of para-hydroxylation sites is 2. The molecule has 0 atom stereocenters. The van der Waals surface area contributed by atoms with Crippen LogP contribution in [-0.2, 0) is 0 Å². The predicted molar refractivity (Wildman–Crippen MR) is 78.4 cm³/mol. The van der Waals surface area contributed by atoms with Crippen molar-refractivity contribution in [1.82, 2.24) is 0 Å². The number of rotatable bonds is 5. The van der Waals surface area contributed by atoms with Gasteiger partial charge in [0.15, 0.2) is 6.61 Å². The van der Waals surface area contributed by atoms with E-state index in [4.69, 9.17) is 15.2 Å². The summed E-state index contributed by atoms with van der Waals surface area (Å²) >= 11 is 0. The normalized spacial score (nSPS) is 10.1. The van der Waals surface area contributed by atoms with E-state index in [1.165, 1.54) is 7.11 Å². The van der Waals surface area contributed by atoms with Gasteiger partial charge in [0.05, 0.1) is 18.4 Å². The number of anilines is 1. The van der Waals surface area contributed by atoms with Gasteiger partial charge in [-0.05, 0) is 31.2 Å². The molecule has 0 fully saturated rings. The standard InChI is InChI=1S/C16H17NO3/c1-11-7-8-15(19-2)12(9-11)14(18)10-20-16-6-4-3-5-13(16)17/h3-9H,10,17H2,1-2H3. The summed E-state index contributed by atoms with van der Waals surface area (Å²) in [6.07, 6.45) is 0. The van der Waals surface area contributed by atoms with Crippen LogP contribution in [0.1, 0.15) is 15.9 Å². The molecule has 0 aliphatic carbocycles. The lowest BCUT2D eigenvalue weighted by molar-refractivity contribution is 0.0919. The summed E-state index contributed by atoms with van der Waals surface area (Å²) in [4.78, 5) is 12.2. The molecule has 2 aromatic rings. The Balaban J connectivity index is 2.13. The molecule has 20 heavy (non-hydrogen) atoms. The highest BCUT2D eigenvalue weighted by molar-refractivity contribution is 6.00. The number of nitrogen functional groups attached to an aromatic ring is 1. The number of aryl methyl sites for hydroxylation is 1. The van der Waals surface area contributed by atoms with E-state index in [1.807, 2.05) is 25.1 Å². The molecule has 0 saturated heterocycles. The molecule has 0 aromatic heterocycles. The second-order valence-electron chi connectivity index (χ2n) is 4.45. The van der Waals surface area contributed by atoms with E-state index in [0.29, 0.717) is 22.7 Å². The summed E-state index contributed by atoms with van der Waals surface area (Å²) < 4.78 is 10.7. The summed E-state index contributed by atoms with van der Waals surface area (Å²) in [5, 5.41) is 0. The number of nitrogens with two attached hydrogens (primary N) is 1. The first kappa shape index (κ1) is 13.9. The second-order valence-corrected chi connectivity index (χ2v) is 4.45. The van der Waals surface area contributed by atoms with Gasteiger partial charge < -0.3 is 15.2 Å². The Bertz CT molecular complexity index is 623. The number of hydrogen-bond donors (Lipinski definition) is 1. The van der Waals surface area contributed by atoms with E-state index in [9.17, 15) is 4.79 Å². The molecule has 0 radical (unpaired) electrons. The Labute approximate surface area is 118 Å². The Hall–Kier alpha value is -2.49. The van der Waals surface area contributed by atoms with Gasteiger partial charge in [-0.2, -0.15) is 0 Å². The van der Waals surface area contributed by atoms with E-state index >= 15 is 0 Å². The number of methoxy groups -OCH3 is 1. The van der Waals surface area contributed by atoms with E-state index in [1.54, 1.807) is 24.3 Å². The van der Waals surface area contributed by atoms with Gasteiger partial charge in [0.1, 0.15) is 11.5 Å². The minimum atomic E-state index is -0.145. The zero-order chi connectivity index (χ0) is 14.5. The fourth-order valence-corrected chi connectivity index (χ4v) is 1.87. The van der Waals surface area contributed by atoms with Crippen molar-refractivity contribution < 1.29 is 14.3 Å². The lowest BCUT2D eigenvalue weighted by Gasteiger charge is -2.10. The van der Waals surface area contributed by atoms with Crippen LogP contribution in [-0.4, -0.2) is 19.5 Å². The van der Waals surface area contributed by atoms with E-state index < -0.39 is 0 Å². The van der Waals surface area contributed by atoms with Gasteiger partial charge in [-0.25, -0.2) is 0 Å². The molecule has 104 valence electrons. The van der Waals surface area contributed by atoms with Crippen molar-refractivity contribution in [2.24, 2.45) is 0 Å². The molecule has 2 rings (SSSR count). The molecule has 2 N–H and O–H groups in total. The highest BCUT2D eigenvalue weighted by atomic mass is 16.5. The van der Waals surface area contributed by atoms with Crippen LogP contribution in [0, 0.1) is 6.92 Å². The number of carbonyl (C=O) groups is 1. The third kappa shape index (κ3) is 3.09. The molecule has 2 aromatic carbocycles. The van der Waals surface area contributed by atoms with Crippen molar-refractivity contribution in [3.8, 4) is 11.5 Å². The minimum Gasteiger partial charge on any atom is -0.496 e. The average Bonchev–Trinajstić information content (AvgIpc) is 2.46. The Kier molecular flexibility index (Phi) is 4.25. The molecule has 0 bridgehead atoms. The zero-order valence-corrected chi connectivity index (χ0v) is 11.6. The molecule has 0 aliphatic heterocycles. The van der Waals surface area contributed by atoms with Gasteiger partial charge in [0.25, 0.3) is 0 Å². The van der Waals surface area contributed by atoms with Crippen LogP contribution in [0.4, 0.5) is 5.69 Å². The summed E-state index contributed by atoms with van der Waals surface area (Å²) in [6.45, 7) is 1.85. The smallest absolute Gasteiger partial charge is 0.203 e. The molecule has 0 aliphatic rings. The van der Waals surface area contributed by atoms with Gasteiger partial charge in [-0.15, -0.1) is 0 Å². The summed E-state index contributed by atoms with van der Waals surface area (Å²) in [5.41, 5.74) is 7.78. The minimum absolute atomic E-state index is 0.0754. The molecule has 4 heteroatoms. The van der Waals surface area contributed by atoms with Gasteiger partial charge in [-0.1, -0.05) is 23.8 Å². The van der Waals surface area contributed by atoms with Crippen LogP contribution in [0.2, 0.25) is 0 Å². The zero-order valence-electron chi connectivity index (χ0n) is 11.6. The van der Waals surface area contributed by atoms with Gasteiger partial charge in [0.2, 0.25) is 5.78 Å². The first-order valence-corrected chi connectivity index (χ1v) is 6.27. The van der Waals surface area contributed by atoms with Crippen molar-refractivity contribution in [2.75, 3.05) is 19.5 Å². The third-order valence-corrected chi connectivity index (χ3v) is 2.93. The number of ketones is 1. The van der Waals surface area contributed by atoms with Crippen LogP contribution >= 0.6 is 0 Å². The Morgan fingerprint density at radius 2 is 1.90 bits per heavy atom. The first-order chi connectivity index (χ1) is 9.61. The van der Waals surface area contributed by atoms with E-state index in [-0.39, 0.29) is 12.4 Å². The first-order valence-electron chi connectivity index (χ1n) is 6.27. The topological polar surface area (TPSA) is 61.5 Å². The largest absolute Gasteiger partial charge is 0.496 e. The van der Waals surface area contributed by atoms with Gasteiger partial charge in [0, 0.05) is 0 Å².